The first-order valence-corrected chi connectivity index (χ1v) is 16.2. The molecule has 0 N–H and O–H groups in total. The number of amides is 1. The van der Waals surface area contributed by atoms with E-state index in [-0.39, 0.29) is 31.3 Å². The number of methoxy groups -OCH3 is 2. The molecule has 9 nitrogen and oxygen atoms in total. The molecule has 2 heterocycles. The molecule has 1 aliphatic rings. The van der Waals surface area contributed by atoms with Crippen molar-refractivity contribution in [1.29, 1.82) is 0 Å². The molecule has 0 spiro atoms. The summed E-state index contributed by atoms with van der Waals surface area (Å²) in [4.78, 5) is 14.8. The van der Waals surface area contributed by atoms with Crippen LogP contribution in [0.5, 0.6) is 17.2 Å². The van der Waals surface area contributed by atoms with Crippen LogP contribution in [0.15, 0.2) is 95.5 Å². The molecule has 9 heteroatoms. The van der Waals surface area contributed by atoms with E-state index in [9.17, 15) is 4.79 Å². The van der Waals surface area contributed by atoms with Gasteiger partial charge < -0.3 is 33.1 Å². The molecule has 2 unspecified atom stereocenters. The van der Waals surface area contributed by atoms with Gasteiger partial charge in [-0.15, -0.1) is 0 Å². The molecule has 250 valence electrons. The lowest BCUT2D eigenvalue weighted by Gasteiger charge is -2.39. The van der Waals surface area contributed by atoms with Gasteiger partial charge in [0.15, 0.2) is 5.76 Å². The molecule has 0 radical (unpaired) electrons. The van der Waals surface area contributed by atoms with Gasteiger partial charge in [0.1, 0.15) is 35.2 Å². The van der Waals surface area contributed by atoms with Crippen LogP contribution >= 0.6 is 0 Å². The third kappa shape index (κ3) is 7.58. The van der Waals surface area contributed by atoms with Crippen LogP contribution in [-0.4, -0.2) is 55.2 Å². The number of hydrogen-bond donors (Lipinski definition) is 0. The van der Waals surface area contributed by atoms with Gasteiger partial charge in [-0.05, 0) is 51.0 Å². The smallest absolute Gasteiger partial charge is 0.410 e. The van der Waals surface area contributed by atoms with Crippen LogP contribution in [0.2, 0.25) is 0 Å². The number of hydrogen-bond acceptors (Lipinski definition) is 8. The quantitative estimate of drug-likeness (QED) is 0.149. The normalized spacial score (nSPS) is 16.5. The van der Waals surface area contributed by atoms with Crippen LogP contribution < -0.4 is 14.2 Å². The first kappa shape index (κ1) is 32.9. The van der Waals surface area contributed by atoms with Crippen molar-refractivity contribution in [3.05, 3.63) is 108 Å². The van der Waals surface area contributed by atoms with Gasteiger partial charge in [-0.25, -0.2) is 4.79 Å². The van der Waals surface area contributed by atoms with Crippen LogP contribution in [0, 0.1) is 0 Å². The van der Waals surface area contributed by atoms with E-state index in [0.29, 0.717) is 31.0 Å². The highest BCUT2D eigenvalue weighted by atomic mass is 16.6. The predicted octanol–water partition coefficient (Wildman–Crippen LogP) is 8.40. The molecule has 1 fully saturated rings. The fourth-order valence-corrected chi connectivity index (χ4v) is 6.14. The number of likely N-dealkylation sites (tertiary alicyclic amines) is 1. The monoisotopic (exact) mass is 650 g/mol. The number of carbonyl (C=O) groups excluding carboxylic acids is 1. The van der Waals surface area contributed by atoms with Gasteiger partial charge in [0.2, 0.25) is 0 Å². The number of aromatic nitrogens is 1. The third-order valence-electron chi connectivity index (χ3n) is 8.44. The molecule has 1 saturated heterocycles. The highest BCUT2D eigenvalue weighted by molar-refractivity contribution is 5.94. The zero-order valence-corrected chi connectivity index (χ0v) is 28.1. The Morgan fingerprint density at radius 3 is 2.33 bits per heavy atom. The Morgan fingerprint density at radius 1 is 0.896 bits per heavy atom. The van der Waals surface area contributed by atoms with E-state index < -0.39 is 5.60 Å². The number of rotatable bonds is 10. The van der Waals surface area contributed by atoms with Gasteiger partial charge in [0.05, 0.1) is 33.5 Å². The van der Waals surface area contributed by atoms with Crippen molar-refractivity contribution in [3.63, 3.8) is 0 Å². The van der Waals surface area contributed by atoms with Crippen molar-refractivity contribution in [2.75, 3.05) is 27.3 Å². The van der Waals surface area contributed by atoms with E-state index in [0.717, 1.165) is 44.7 Å². The molecule has 1 aliphatic heterocycles. The van der Waals surface area contributed by atoms with Crippen molar-refractivity contribution in [3.8, 4) is 28.5 Å². The van der Waals surface area contributed by atoms with Gasteiger partial charge in [0.25, 0.3) is 0 Å². The highest BCUT2D eigenvalue weighted by Gasteiger charge is 2.35. The summed E-state index contributed by atoms with van der Waals surface area (Å²) in [5.41, 5.74) is 3.14. The van der Waals surface area contributed by atoms with Crippen LogP contribution in [0.3, 0.4) is 0 Å². The van der Waals surface area contributed by atoms with Crippen LogP contribution in [0.4, 0.5) is 4.79 Å². The predicted molar refractivity (Wildman–Crippen MR) is 184 cm³/mol. The van der Waals surface area contributed by atoms with Gasteiger partial charge in [0, 0.05) is 40.4 Å². The maximum Gasteiger partial charge on any atom is 0.410 e. The zero-order chi connectivity index (χ0) is 33.7. The first-order valence-electron chi connectivity index (χ1n) is 16.2. The number of benzene rings is 4. The molecule has 0 bridgehead atoms. The van der Waals surface area contributed by atoms with Crippen molar-refractivity contribution in [2.45, 2.75) is 58.0 Å². The second kappa shape index (κ2) is 14.4. The first-order chi connectivity index (χ1) is 23.2. The highest BCUT2D eigenvalue weighted by Crippen LogP contribution is 2.39. The molecule has 5 aromatic rings. The molecule has 4 aromatic carbocycles. The topological polar surface area (TPSA) is 92.5 Å². The largest absolute Gasteiger partial charge is 0.496 e. The average molecular weight is 651 g/mol. The molecular weight excluding hydrogens is 608 g/mol. The van der Waals surface area contributed by atoms with Crippen molar-refractivity contribution < 1.29 is 33.0 Å². The van der Waals surface area contributed by atoms with Gasteiger partial charge >= 0.3 is 6.09 Å². The Kier molecular flexibility index (Phi) is 9.87. The number of ether oxygens (including phenoxy) is 5. The van der Waals surface area contributed by atoms with Gasteiger partial charge in [-0.1, -0.05) is 71.9 Å². The Morgan fingerprint density at radius 2 is 1.62 bits per heavy atom. The number of carbonyl (C=O) groups is 1. The summed E-state index contributed by atoms with van der Waals surface area (Å²) in [6, 6.07) is 29.8. The van der Waals surface area contributed by atoms with Gasteiger partial charge in [-0.2, -0.15) is 0 Å². The fourth-order valence-electron chi connectivity index (χ4n) is 6.14. The summed E-state index contributed by atoms with van der Waals surface area (Å²) >= 11 is 0. The fraction of sp³-hybridized carbons (Fsp3) is 0.333. The summed E-state index contributed by atoms with van der Waals surface area (Å²) in [6.07, 6.45) is 0.0692. The Hall–Kier alpha value is -5.02. The Labute approximate surface area is 281 Å². The maximum absolute atomic E-state index is 13.1. The summed E-state index contributed by atoms with van der Waals surface area (Å²) in [6.45, 7) is 7.10. The SMILES string of the molecule is COc1cc(COC2CN(C(=O)OC(C)(C)C)CCC2c2ccc(OCc3cc(-c4ccccc4)no3)cc2)c(OC)c2ccccc12. The van der Waals surface area contributed by atoms with E-state index in [1.807, 2.05) is 99.6 Å². The number of fused-ring (bicyclic) bond motifs is 1. The third-order valence-corrected chi connectivity index (χ3v) is 8.44. The second-order valence-corrected chi connectivity index (χ2v) is 12.9. The van der Waals surface area contributed by atoms with Crippen molar-refractivity contribution in [2.24, 2.45) is 0 Å². The minimum absolute atomic E-state index is 0.0359. The lowest BCUT2D eigenvalue weighted by Crippen LogP contribution is -2.48. The van der Waals surface area contributed by atoms with E-state index in [1.54, 1.807) is 19.1 Å². The van der Waals surface area contributed by atoms with Crippen LogP contribution in [-0.2, 0) is 22.7 Å². The minimum Gasteiger partial charge on any atom is -0.496 e. The van der Waals surface area contributed by atoms with Crippen LogP contribution in [0.1, 0.15) is 50.0 Å². The Balaban J connectivity index is 1.19. The lowest BCUT2D eigenvalue weighted by atomic mass is 9.87. The lowest BCUT2D eigenvalue weighted by molar-refractivity contribution is -0.0363. The van der Waals surface area contributed by atoms with Gasteiger partial charge in [-0.3, -0.25) is 0 Å². The molecule has 0 aliphatic carbocycles. The number of nitrogens with zero attached hydrogens (tertiary/aromatic N) is 2. The Bertz CT molecular complexity index is 1830. The molecule has 0 saturated carbocycles. The zero-order valence-electron chi connectivity index (χ0n) is 28.1. The van der Waals surface area contributed by atoms with E-state index in [1.165, 1.54) is 0 Å². The summed E-state index contributed by atoms with van der Waals surface area (Å²) in [5, 5.41) is 6.09. The summed E-state index contributed by atoms with van der Waals surface area (Å²) in [5.74, 6) is 2.88. The van der Waals surface area contributed by atoms with Crippen molar-refractivity contribution in [1.82, 2.24) is 10.1 Å². The average Bonchev–Trinajstić information content (AvgIpc) is 3.58. The van der Waals surface area contributed by atoms with Crippen molar-refractivity contribution >= 4 is 16.9 Å². The maximum atomic E-state index is 13.1. The molecule has 48 heavy (non-hydrogen) atoms. The van der Waals surface area contributed by atoms with E-state index in [4.69, 9.17) is 28.2 Å². The summed E-state index contributed by atoms with van der Waals surface area (Å²) < 4.78 is 35.5. The molecule has 1 aromatic heterocycles. The standard InChI is InChI=1S/C39H42N2O7/c1-39(2,3)47-38(42)41-20-19-31(36(23-41)46-24-28-21-35(43-4)32-13-9-10-14-33(32)37(28)44-5)26-15-17-29(18-16-26)45-25-30-22-34(40-48-30)27-11-7-6-8-12-27/h6-18,21-22,31,36H,19-20,23-25H2,1-5H3. The molecule has 2 atom stereocenters. The molecule has 6 rings (SSSR count). The number of piperidine rings is 1. The van der Waals surface area contributed by atoms with E-state index >= 15 is 0 Å². The molecular formula is C39H42N2O7. The summed E-state index contributed by atoms with van der Waals surface area (Å²) in [7, 11) is 3.33. The van der Waals surface area contributed by atoms with Crippen LogP contribution in [0.25, 0.3) is 22.0 Å². The molecule has 1 amide bonds. The second-order valence-electron chi connectivity index (χ2n) is 12.9. The van der Waals surface area contributed by atoms with E-state index in [2.05, 4.69) is 17.3 Å². The minimum atomic E-state index is -0.593.